The van der Waals surface area contributed by atoms with Crippen molar-refractivity contribution in [2.24, 2.45) is 0 Å². The lowest BCUT2D eigenvalue weighted by molar-refractivity contribution is -0.145. The molecule has 0 bridgehead atoms. The Morgan fingerprint density at radius 2 is 1.79 bits per heavy atom. The predicted octanol–water partition coefficient (Wildman–Crippen LogP) is 1.37. The third-order valence-corrected chi connectivity index (χ3v) is 4.72. The van der Waals surface area contributed by atoms with Gasteiger partial charge in [0.05, 0.1) is 13.7 Å². The Kier molecular flexibility index (Phi) is 10.3. The summed E-state index contributed by atoms with van der Waals surface area (Å²) in [5.41, 5.74) is 1.38. The maximum Gasteiger partial charge on any atom is 0.408 e. The molecule has 0 radical (unpaired) electrons. The standard InChI is InChI=1S/C23H35N3O7/c1-8-26(21(30)17(13-27)25-22(31)33-23(4,5)6)19(20(29)24-12-18(28)32-7)16-11-14(2)9-10-15(16)3/h9-11,17,19,27H,8,12-13H2,1-7H3,(H,24,29)(H,25,31). The van der Waals surface area contributed by atoms with Gasteiger partial charge in [-0.05, 0) is 52.7 Å². The predicted molar refractivity (Wildman–Crippen MR) is 121 cm³/mol. The molecule has 10 heteroatoms. The lowest BCUT2D eigenvalue weighted by Crippen LogP contribution is -2.54. The molecule has 10 nitrogen and oxygen atoms in total. The summed E-state index contributed by atoms with van der Waals surface area (Å²) >= 11 is 0. The maximum absolute atomic E-state index is 13.3. The van der Waals surface area contributed by atoms with Crippen molar-refractivity contribution in [2.75, 3.05) is 26.8 Å². The number of aryl methyl sites for hydroxylation is 2. The number of nitrogens with one attached hydrogen (secondary N) is 2. The van der Waals surface area contributed by atoms with E-state index < -0.39 is 48.2 Å². The molecule has 0 aliphatic rings. The zero-order chi connectivity index (χ0) is 25.3. The highest BCUT2D eigenvalue weighted by molar-refractivity contribution is 5.93. The van der Waals surface area contributed by atoms with Crippen LogP contribution >= 0.6 is 0 Å². The topological polar surface area (TPSA) is 134 Å². The number of benzene rings is 1. The van der Waals surface area contributed by atoms with E-state index in [4.69, 9.17) is 4.74 Å². The zero-order valence-corrected chi connectivity index (χ0v) is 20.4. The Hall–Kier alpha value is -3.14. The van der Waals surface area contributed by atoms with E-state index in [1.54, 1.807) is 40.7 Å². The molecule has 0 saturated carbocycles. The second kappa shape index (κ2) is 12.2. The van der Waals surface area contributed by atoms with Crippen molar-refractivity contribution in [3.63, 3.8) is 0 Å². The summed E-state index contributed by atoms with van der Waals surface area (Å²) in [4.78, 5) is 51.5. The molecule has 2 atom stereocenters. The molecule has 184 valence electrons. The summed E-state index contributed by atoms with van der Waals surface area (Å²) in [5.74, 6) is -1.92. The van der Waals surface area contributed by atoms with Crippen LogP contribution in [0.4, 0.5) is 4.79 Å². The van der Waals surface area contributed by atoms with E-state index in [1.807, 2.05) is 19.1 Å². The quantitative estimate of drug-likeness (QED) is 0.469. The van der Waals surface area contributed by atoms with Gasteiger partial charge in [0.1, 0.15) is 24.2 Å². The molecule has 0 saturated heterocycles. The minimum absolute atomic E-state index is 0.0923. The first-order chi connectivity index (χ1) is 15.3. The first-order valence-corrected chi connectivity index (χ1v) is 10.7. The fourth-order valence-corrected chi connectivity index (χ4v) is 3.13. The van der Waals surface area contributed by atoms with Gasteiger partial charge in [-0.15, -0.1) is 0 Å². The van der Waals surface area contributed by atoms with E-state index in [-0.39, 0.29) is 13.1 Å². The largest absolute Gasteiger partial charge is 0.468 e. The van der Waals surface area contributed by atoms with Crippen LogP contribution < -0.4 is 10.6 Å². The van der Waals surface area contributed by atoms with Gasteiger partial charge in [0.2, 0.25) is 11.8 Å². The van der Waals surface area contributed by atoms with Crippen LogP contribution in [0.25, 0.3) is 0 Å². The number of hydrogen-bond acceptors (Lipinski definition) is 7. The van der Waals surface area contributed by atoms with Gasteiger partial charge in [-0.3, -0.25) is 14.4 Å². The molecule has 0 aliphatic carbocycles. The minimum atomic E-state index is -1.33. The molecule has 3 amide bonds. The molecule has 0 aromatic heterocycles. The second-order valence-corrected chi connectivity index (χ2v) is 8.56. The van der Waals surface area contributed by atoms with Crippen LogP contribution in [0.15, 0.2) is 18.2 Å². The van der Waals surface area contributed by atoms with Gasteiger partial charge in [0, 0.05) is 6.54 Å². The van der Waals surface area contributed by atoms with Gasteiger partial charge in [0.25, 0.3) is 0 Å². The third-order valence-electron chi connectivity index (χ3n) is 4.72. The van der Waals surface area contributed by atoms with Crippen LogP contribution in [0.2, 0.25) is 0 Å². The van der Waals surface area contributed by atoms with Crippen molar-refractivity contribution in [3.8, 4) is 0 Å². The number of alkyl carbamates (subject to hydrolysis) is 1. The number of aliphatic hydroxyl groups is 1. The normalized spacial score (nSPS) is 12.8. The Bertz CT molecular complexity index is 864. The highest BCUT2D eigenvalue weighted by Crippen LogP contribution is 2.26. The number of esters is 1. The summed E-state index contributed by atoms with van der Waals surface area (Å²) in [7, 11) is 1.20. The Morgan fingerprint density at radius 3 is 2.30 bits per heavy atom. The number of carbonyl (C=O) groups excluding carboxylic acids is 4. The zero-order valence-electron chi connectivity index (χ0n) is 20.4. The lowest BCUT2D eigenvalue weighted by Gasteiger charge is -2.34. The number of hydrogen-bond donors (Lipinski definition) is 3. The summed E-state index contributed by atoms with van der Waals surface area (Å²) < 4.78 is 9.75. The Morgan fingerprint density at radius 1 is 1.15 bits per heavy atom. The third kappa shape index (κ3) is 8.38. The van der Waals surface area contributed by atoms with Gasteiger partial charge in [-0.1, -0.05) is 23.8 Å². The number of nitrogens with zero attached hydrogens (tertiary/aromatic N) is 1. The fraction of sp³-hybridized carbons (Fsp3) is 0.565. The van der Waals surface area contributed by atoms with Crippen LogP contribution in [0, 0.1) is 13.8 Å². The average Bonchev–Trinajstić information content (AvgIpc) is 2.73. The monoisotopic (exact) mass is 465 g/mol. The SMILES string of the molecule is CCN(C(=O)C(CO)NC(=O)OC(C)(C)C)C(C(=O)NCC(=O)OC)c1cc(C)ccc1C. The smallest absolute Gasteiger partial charge is 0.408 e. The van der Waals surface area contributed by atoms with Gasteiger partial charge in [-0.2, -0.15) is 0 Å². The van der Waals surface area contributed by atoms with Crippen LogP contribution in [0.1, 0.15) is 50.4 Å². The average molecular weight is 466 g/mol. The van der Waals surface area contributed by atoms with Gasteiger partial charge in [0.15, 0.2) is 0 Å². The van der Waals surface area contributed by atoms with E-state index in [9.17, 15) is 24.3 Å². The summed E-state index contributed by atoms with van der Waals surface area (Å²) in [5, 5.41) is 14.7. The number of ether oxygens (including phenoxy) is 2. The molecular weight excluding hydrogens is 430 g/mol. The molecule has 0 spiro atoms. The number of amides is 3. The van der Waals surface area contributed by atoms with Gasteiger partial charge in [-0.25, -0.2) is 4.79 Å². The van der Waals surface area contributed by atoms with Crippen LogP contribution in [0.3, 0.4) is 0 Å². The highest BCUT2D eigenvalue weighted by atomic mass is 16.6. The number of methoxy groups -OCH3 is 1. The molecular formula is C23H35N3O7. The van der Waals surface area contributed by atoms with Crippen molar-refractivity contribution >= 4 is 23.9 Å². The van der Waals surface area contributed by atoms with E-state index in [2.05, 4.69) is 15.4 Å². The van der Waals surface area contributed by atoms with Crippen LogP contribution in [-0.4, -0.2) is 72.3 Å². The fourth-order valence-electron chi connectivity index (χ4n) is 3.13. The van der Waals surface area contributed by atoms with Crippen LogP contribution in [-0.2, 0) is 23.9 Å². The Balaban J connectivity index is 3.32. The molecule has 0 fully saturated rings. The van der Waals surface area contributed by atoms with E-state index >= 15 is 0 Å². The number of aliphatic hydroxyl groups excluding tert-OH is 1. The van der Waals surface area contributed by atoms with Crippen molar-refractivity contribution in [1.82, 2.24) is 15.5 Å². The molecule has 1 rings (SSSR count). The Labute approximate surface area is 194 Å². The van der Waals surface area contributed by atoms with Crippen LogP contribution in [0.5, 0.6) is 0 Å². The van der Waals surface area contributed by atoms with E-state index in [0.717, 1.165) is 11.1 Å². The van der Waals surface area contributed by atoms with E-state index in [1.165, 1.54) is 12.0 Å². The summed E-state index contributed by atoms with van der Waals surface area (Å²) in [6.45, 7) is 9.36. The van der Waals surface area contributed by atoms with Gasteiger partial charge < -0.3 is 30.1 Å². The molecule has 33 heavy (non-hydrogen) atoms. The first kappa shape index (κ1) is 27.9. The lowest BCUT2D eigenvalue weighted by atomic mass is 9.96. The van der Waals surface area contributed by atoms with Crippen molar-refractivity contribution in [3.05, 3.63) is 34.9 Å². The minimum Gasteiger partial charge on any atom is -0.468 e. The van der Waals surface area contributed by atoms with Crippen molar-refractivity contribution in [2.45, 2.75) is 59.2 Å². The number of likely N-dealkylation sites (N-methyl/N-ethyl adjacent to an activating group) is 1. The maximum atomic E-state index is 13.3. The summed E-state index contributed by atoms with van der Waals surface area (Å²) in [6, 6.07) is 3.04. The van der Waals surface area contributed by atoms with E-state index in [0.29, 0.717) is 5.56 Å². The molecule has 0 aliphatic heterocycles. The molecule has 2 unspecified atom stereocenters. The highest BCUT2D eigenvalue weighted by Gasteiger charge is 2.36. The molecule has 1 aromatic carbocycles. The van der Waals surface area contributed by atoms with Crippen molar-refractivity contribution < 1.29 is 33.8 Å². The number of rotatable bonds is 9. The molecule has 1 aromatic rings. The second-order valence-electron chi connectivity index (χ2n) is 8.56. The van der Waals surface area contributed by atoms with Crippen molar-refractivity contribution in [1.29, 1.82) is 0 Å². The molecule has 3 N–H and O–H groups in total. The molecule has 0 heterocycles. The van der Waals surface area contributed by atoms with Gasteiger partial charge >= 0.3 is 12.1 Å². The summed E-state index contributed by atoms with van der Waals surface area (Å²) in [6.07, 6.45) is -0.871. The number of carbonyl (C=O) groups is 4. The first-order valence-electron chi connectivity index (χ1n) is 10.7.